The highest BCUT2D eigenvalue weighted by Gasteiger charge is 2.23. The van der Waals surface area contributed by atoms with Gasteiger partial charge in [-0.15, -0.1) is 0 Å². The Kier molecular flexibility index (Phi) is 5.61. The maximum atomic E-state index is 14.1. The van der Waals surface area contributed by atoms with Gasteiger partial charge in [0.15, 0.2) is 0 Å². The fourth-order valence-corrected chi connectivity index (χ4v) is 3.59. The summed E-state index contributed by atoms with van der Waals surface area (Å²) in [5.74, 6) is -1.34. The molecule has 0 aliphatic carbocycles. The van der Waals surface area contributed by atoms with E-state index >= 15 is 0 Å². The number of anilines is 1. The zero-order valence-corrected chi connectivity index (χ0v) is 15.9. The minimum Gasteiger partial charge on any atom is -0.368 e. The van der Waals surface area contributed by atoms with Crippen LogP contribution >= 0.6 is 27.5 Å². The van der Waals surface area contributed by atoms with Crippen LogP contribution in [0.1, 0.15) is 15.9 Å². The number of nitrogens with two attached hydrogens (primary N) is 1. The predicted molar refractivity (Wildman–Crippen MR) is 102 cm³/mol. The number of carbonyl (C=O) groups excluding carboxylic acids is 1. The molecule has 1 aliphatic heterocycles. The monoisotopic (exact) mass is 425 g/mol. The lowest BCUT2D eigenvalue weighted by molar-refractivity contribution is 0.0996. The van der Waals surface area contributed by atoms with Crippen molar-refractivity contribution in [3.8, 4) is 0 Å². The Balaban J connectivity index is 1.70. The molecule has 1 fully saturated rings. The number of carbonyl (C=O) groups is 1. The van der Waals surface area contributed by atoms with Crippen LogP contribution in [0.3, 0.4) is 0 Å². The van der Waals surface area contributed by atoms with Crippen LogP contribution in [0.25, 0.3) is 0 Å². The van der Waals surface area contributed by atoms with E-state index in [0.717, 1.165) is 24.7 Å². The summed E-state index contributed by atoms with van der Waals surface area (Å²) in [5.41, 5.74) is 7.07. The molecule has 1 heterocycles. The highest BCUT2D eigenvalue weighted by atomic mass is 79.9. The van der Waals surface area contributed by atoms with Crippen molar-refractivity contribution >= 4 is 39.1 Å². The summed E-state index contributed by atoms with van der Waals surface area (Å²) in [5, 5.41) is 0.726. The van der Waals surface area contributed by atoms with Crippen molar-refractivity contribution in [1.82, 2.24) is 4.90 Å². The van der Waals surface area contributed by atoms with Crippen molar-refractivity contribution in [2.45, 2.75) is 6.54 Å². The van der Waals surface area contributed by atoms with E-state index in [9.17, 15) is 9.18 Å². The lowest BCUT2D eigenvalue weighted by atomic mass is 10.1. The summed E-state index contributed by atoms with van der Waals surface area (Å²) in [6.45, 7) is 3.86. The normalized spacial score (nSPS) is 15.4. The van der Waals surface area contributed by atoms with E-state index in [0.29, 0.717) is 23.2 Å². The zero-order valence-electron chi connectivity index (χ0n) is 13.5. The molecule has 0 spiro atoms. The maximum absolute atomic E-state index is 14.1. The number of nitrogens with zero attached hydrogens (tertiary/aromatic N) is 2. The minimum absolute atomic E-state index is 0.0469. The molecule has 7 heteroatoms. The van der Waals surface area contributed by atoms with E-state index in [1.165, 1.54) is 11.6 Å². The average Bonchev–Trinajstić information content (AvgIpc) is 2.56. The minimum atomic E-state index is -0.747. The van der Waals surface area contributed by atoms with Crippen LogP contribution in [0.5, 0.6) is 0 Å². The molecule has 3 rings (SSSR count). The molecule has 1 saturated heterocycles. The fourth-order valence-electron chi connectivity index (χ4n) is 3.05. The largest absolute Gasteiger partial charge is 0.368 e. The van der Waals surface area contributed by atoms with Crippen molar-refractivity contribution in [2.24, 2.45) is 5.73 Å². The van der Waals surface area contributed by atoms with Gasteiger partial charge in [-0.25, -0.2) is 4.39 Å². The van der Waals surface area contributed by atoms with Crippen LogP contribution in [-0.2, 0) is 6.54 Å². The van der Waals surface area contributed by atoms with Crippen LogP contribution < -0.4 is 10.6 Å². The van der Waals surface area contributed by atoms with Crippen molar-refractivity contribution in [3.63, 3.8) is 0 Å². The van der Waals surface area contributed by atoms with E-state index < -0.39 is 11.7 Å². The molecule has 2 aromatic carbocycles. The molecule has 0 saturated carbocycles. The predicted octanol–water partition coefficient (Wildman–Crippen LogP) is 3.66. The maximum Gasteiger partial charge on any atom is 0.253 e. The number of benzene rings is 2. The van der Waals surface area contributed by atoms with E-state index in [2.05, 4.69) is 20.8 Å². The number of piperazine rings is 1. The van der Waals surface area contributed by atoms with Crippen LogP contribution in [0, 0.1) is 5.82 Å². The van der Waals surface area contributed by atoms with Gasteiger partial charge in [-0.2, -0.15) is 0 Å². The zero-order chi connectivity index (χ0) is 18.0. The molecular formula is C18H18BrClFN3O. The average molecular weight is 427 g/mol. The Labute approximate surface area is 159 Å². The number of primary amides is 1. The number of halogens is 3. The van der Waals surface area contributed by atoms with Gasteiger partial charge in [-0.1, -0.05) is 39.7 Å². The molecule has 132 valence electrons. The number of hydrogen-bond acceptors (Lipinski definition) is 3. The molecular weight excluding hydrogens is 409 g/mol. The Hall–Kier alpha value is -1.63. The topological polar surface area (TPSA) is 49.6 Å². The fraction of sp³-hybridized carbons (Fsp3) is 0.278. The van der Waals surface area contributed by atoms with E-state index in [1.807, 2.05) is 29.2 Å². The van der Waals surface area contributed by atoms with Crippen LogP contribution in [-0.4, -0.2) is 37.0 Å². The third-order valence-electron chi connectivity index (χ3n) is 4.31. The summed E-state index contributed by atoms with van der Waals surface area (Å²) in [6, 6.07) is 10.8. The third-order valence-corrected chi connectivity index (χ3v) is 5.02. The molecule has 0 radical (unpaired) electrons. The van der Waals surface area contributed by atoms with Gasteiger partial charge in [0, 0.05) is 42.2 Å². The summed E-state index contributed by atoms with van der Waals surface area (Å²) in [6.07, 6.45) is 0. The van der Waals surface area contributed by atoms with Gasteiger partial charge in [0.05, 0.1) is 11.3 Å². The first kappa shape index (κ1) is 18.2. The number of rotatable bonds is 4. The molecule has 4 nitrogen and oxygen atoms in total. The van der Waals surface area contributed by atoms with Crippen molar-refractivity contribution in [3.05, 3.63) is 62.8 Å². The molecule has 25 heavy (non-hydrogen) atoms. The standard InChI is InChI=1S/C18H18BrClFN3O/c19-13-9-15(21)17(18(22)25)16(10-13)24-7-5-23(6-8-24)11-12-1-3-14(20)4-2-12/h1-4,9-10H,5-8,11H2,(H2,22,25). The van der Waals surface area contributed by atoms with Crippen molar-refractivity contribution < 1.29 is 9.18 Å². The van der Waals surface area contributed by atoms with Gasteiger partial charge in [0.1, 0.15) is 5.82 Å². The second kappa shape index (κ2) is 7.72. The van der Waals surface area contributed by atoms with Crippen LogP contribution in [0.15, 0.2) is 40.9 Å². The summed E-state index contributed by atoms with van der Waals surface area (Å²) in [4.78, 5) is 16.0. The molecule has 0 atom stereocenters. The lowest BCUT2D eigenvalue weighted by Crippen LogP contribution is -2.46. The first-order chi connectivity index (χ1) is 11.9. The van der Waals surface area contributed by atoms with E-state index in [4.69, 9.17) is 17.3 Å². The molecule has 0 bridgehead atoms. The third kappa shape index (κ3) is 4.32. The van der Waals surface area contributed by atoms with Gasteiger partial charge < -0.3 is 10.6 Å². The van der Waals surface area contributed by atoms with E-state index in [1.54, 1.807) is 6.07 Å². The molecule has 0 aromatic heterocycles. The Morgan fingerprint density at radius 2 is 1.80 bits per heavy atom. The molecule has 2 N–H and O–H groups in total. The Morgan fingerprint density at radius 1 is 1.16 bits per heavy atom. The highest BCUT2D eigenvalue weighted by Crippen LogP contribution is 2.29. The quantitative estimate of drug-likeness (QED) is 0.812. The first-order valence-corrected chi connectivity index (χ1v) is 9.12. The van der Waals surface area contributed by atoms with E-state index in [-0.39, 0.29) is 5.56 Å². The summed E-state index contributed by atoms with van der Waals surface area (Å²) < 4.78 is 14.7. The second-order valence-corrected chi connectivity index (χ2v) is 7.39. The Bertz CT molecular complexity index is 777. The number of amides is 1. The summed E-state index contributed by atoms with van der Waals surface area (Å²) in [7, 11) is 0. The first-order valence-electron chi connectivity index (χ1n) is 7.94. The molecule has 0 unspecified atom stereocenters. The van der Waals surface area contributed by atoms with Gasteiger partial charge in [-0.3, -0.25) is 9.69 Å². The van der Waals surface area contributed by atoms with Gasteiger partial charge in [-0.05, 0) is 29.8 Å². The molecule has 1 aliphatic rings. The number of hydrogen-bond donors (Lipinski definition) is 1. The molecule has 2 aromatic rings. The lowest BCUT2D eigenvalue weighted by Gasteiger charge is -2.37. The van der Waals surface area contributed by atoms with Crippen molar-refractivity contribution in [1.29, 1.82) is 0 Å². The second-order valence-electron chi connectivity index (χ2n) is 6.04. The highest BCUT2D eigenvalue weighted by molar-refractivity contribution is 9.10. The van der Waals surface area contributed by atoms with Gasteiger partial charge >= 0.3 is 0 Å². The van der Waals surface area contributed by atoms with Gasteiger partial charge in [0.2, 0.25) is 0 Å². The SMILES string of the molecule is NC(=O)c1c(F)cc(Br)cc1N1CCN(Cc2ccc(Cl)cc2)CC1. The van der Waals surface area contributed by atoms with Crippen LogP contribution in [0.4, 0.5) is 10.1 Å². The summed E-state index contributed by atoms with van der Waals surface area (Å²) >= 11 is 9.20. The van der Waals surface area contributed by atoms with Crippen molar-refractivity contribution in [2.75, 3.05) is 31.1 Å². The Morgan fingerprint density at radius 3 is 2.40 bits per heavy atom. The van der Waals surface area contributed by atoms with Crippen LogP contribution in [0.2, 0.25) is 5.02 Å². The van der Waals surface area contributed by atoms with Gasteiger partial charge in [0.25, 0.3) is 5.91 Å². The molecule has 1 amide bonds. The smallest absolute Gasteiger partial charge is 0.253 e.